The summed E-state index contributed by atoms with van der Waals surface area (Å²) in [5.74, 6) is -2.00. The number of benzene rings is 1. The minimum atomic E-state index is -4.65. The molecule has 0 spiro atoms. The highest BCUT2D eigenvalue weighted by molar-refractivity contribution is 5.28. The molecule has 0 radical (unpaired) electrons. The Labute approximate surface area is 143 Å². The fraction of sp³-hybridized carbons (Fsp3) is 0.375. The molecule has 0 amide bonds. The second-order valence-electron chi connectivity index (χ2n) is 5.93. The molecule has 0 atom stereocenters. The Morgan fingerprint density at radius 3 is 2.42 bits per heavy atom. The van der Waals surface area contributed by atoms with Crippen molar-refractivity contribution in [1.29, 1.82) is 0 Å². The molecule has 3 nitrogen and oxygen atoms in total. The molecule has 1 aliphatic rings. The summed E-state index contributed by atoms with van der Waals surface area (Å²) in [5.41, 5.74) is -0.398. The van der Waals surface area contributed by atoms with Crippen LogP contribution in [-0.4, -0.2) is 21.4 Å². The van der Waals surface area contributed by atoms with Crippen molar-refractivity contribution in [2.75, 3.05) is 6.54 Å². The summed E-state index contributed by atoms with van der Waals surface area (Å²) >= 11 is 0. The van der Waals surface area contributed by atoms with Crippen LogP contribution in [-0.2, 0) is 31.9 Å². The first-order valence-corrected chi connectivity index (χ1v) is 7.54. The van der Waals surface area contributed by atoms with E-state index in [1.807, 2.05) is 0 Å². The summed E-state index contributed by atoms with van der Waals surface area (Å²) in [7, 11) is 0. The normalized spacial score (nSPS) is 15.8. The second kappa shape index (κ2) is 6.49. The predicted molar refractivity (Wildman–Crippen MR) is 76.3 cm³/mol. The maximum atomic E-state index is 13.8. The van der Waals surface area contributed by atoms with Crippen molar-refractivity contribution in [2.45, 2.75) is 31.9 Å². The zero-order valence-corrected chi connectivity index (χ0v) is 13.1. The van der Waals surface area contributed by atoms with E-state index in [4.69, 9.17) is 0 Å². The molecule has 0 saturated heterocycles. The number of aromatic nitrogens is 2. The highest BCUT2D eigenvalue weighted by atomic mass is 19.4. The maximum absolute atomic E-state index is 13.8. The van der Waals surface area contributed by atoms with Crippen LogP contribution >= 0.6 is 0 Å². The van der Waals surface area contributed by atoms with Gasteiger partial charge in [0.05, 0.1) is 11.3 Å². The first-order chi connectivity index (χ1) is 12.0. The van der Waals surface area contributed by atoms with Gasteiger partial charge in [-0.15, -0.1) is 0 Å². The number of fused-ring (bicyclic) bond motifs is 1. The minimum Gasteiger partial charge on any atom is -0.294 e. The van der Waals surface area contributed by atoms with E-state index in [2.05, 4.69) is 9.97 Å². The maximum Gasteiger partial charge on any atom is 0.451 e. The van der Waals surface area contributed by atoms with Crippen molar-refractivity contribution in [3.63, 3.8) is 0 Å². The summed E-state index contributed by atoms with van der Waals surface area (Å²) in [6, 6.07) is 2.17. The van der Waals surface area contributed by atoms with Gasteiger partial charge < -0.3 is 0 Å². The minimum absolute atomic E-state index is 0.101. The molecule has 0 N–H and O–H groups in total. The van der Waals surface area contributed by atoms with Gasteiger partial charge in [-0.1, -0.05) is 0 Å². The molecule has 1 aromatic heterocycles. The van der Waals surface area contributed by atoms with Gasteiger partial charge in [0.2, 0.25) is 5.82 Å². The van der Waals surface area contributed by atoms with Crippen LogP contribution in [0.3, 0.4) is 0 Å². The highest BCUT2D eigenvalue weighted by Gasteiger charge is 2.36. The van der Waals surface area contributed by atoms with Crippen LogP contribution in [0.1, 0.15) is 28.2 Å². The van der Waals surface area contributed by atoms with Gasteiger partial charge in [0.1, 0.15) is 5.82 Å². The highest BCUT2D eigenvalue weighted by Crippen LogP contribution is 2.31. The largest absolute Gasteiger partial charge is 0.451 e. The van der Waals surface area contributed by atoms with Crippen LogP contribution in [0.15, 0.2) is 24.4 Å². The Kier molecular flexibility index (Phi) is 4.63. The van der Waals surface area contributed by atoms with E-state index in [0.717, 1.165) is 18.3 Å². The molecule has 0 bridgehead atoms. The van der Waals surface area contributed by atoms with Crippen LogP contribution in [0.5, 0.6) is 0 Å². The van der Waals surface area contributed by atoms with E-state index < -0.39 is 29.6 Å². The van der Waals surface area contributed by atoms with Gasteiger partial charge in [-0.3, -0.25) is 4.90 Å². The van der Waals surface area contributed by atoms with Gasteiger partial charge in [0, 0.05) is 43.4 Å². The molecular formula is C16H12F7N3. The van der Waals surface area contributed by atoms with Gasteiger partial charge in [-0.2, -0.15) is 26.3 Å². The first-order valence-electron chi connectivity index (χ1n) is 7.54. The predicted octanol–water partition coefficient (Wildman–Crippen LogP) is 4.21. The van der Waals surface area contributed by atoms with Crippen molar-refractivity contribution in [3.05, 3.63) is 58.4 Å². The lowest BCUT2D eigenvalue weighted by Gasteiger charge is -2.28. The van der Waals surface area contributed by atoms with E-state index in [1.54, 1.807) is 4.90 Å². The summed E-state index contributed by atoms with van der Waals surface area (Å²) < 4.78 is 90.0. The van der Waals surface area contributed by atoms with Crippen molar-refractivity contribution < 1.29 is 30.7 Å². The van der Waals surface area contributed by atoms with Crippen molar-refractivity contribution in [1.82, 2.24) is 14.9 Å². The smallest absolute Gasteiger partial charge is 0.294 e. The topological polar surface area (TPSA) is 29.0 Å². The van der Waals surface area contributed by atoms with Crippen molar-refractivity contribution in [2.24, 2.45) is 0 Å². The third-order valence-corrected chi connectivity index (χ3v) is 4.03. The van der Waals surface area contributed by atoms with Crippen molar-refractivity contribution in [3.8, 4) is 0 Å². The quantitative estimate of drug-likeness (QED) is 0.732. The lowest BCUT2D eigenvalue weighted by molar-refractivity contribution is -0.145. The number of halogens is 7. The molecule has 26 heavy (non-hydrogen) atoms. The molecule has 1 aliphatic heterocycles. The lowest BCUT2D eigenvalue weighted by Crippen LogP contribution is -2.32. The third kappa shape index (κ3) is 3.95. The molecule has 0 saturated carbocycles. The van der Waals surface area contributed by atoms with Crippen LogP contribution in [0.2, 0.25) is 0 Å². The third-order valence-electron chi connectivity index (χ3n) is 4.03. The molecule has 1 aromatic carbocycles. The van der Waals surface area contributed by atoms with Crippen LogP contribution in [0.4, 0.5) is 30.7 Å². The fourth-order valence-corrected chi connectivity index (χ4v) is 2.76. The Hall–Kier alpha value is -2.23. The van der Waals surface area contributed by atoms with E-state index in [0.29, 0.717) is 11.6 Å². The van der Waals surface area contributed by atoms with Gasteiger partial charge in [-0.25, -0.2) is 14.4 Å². The number of nitrogens with zero attached hydrogens (tertiary/aromatic N) is 3. The van der Waals surface area contributed by atoms with Gasteiger partial charge in [0.15, 0.2) is 0 Å². The Bertz CT molecular complexity index is 814. The number of hydrogen-bond acceptors (Lipinski definition) is 3. The number of alkyl halides is 6. The molecule has 0 aliphatic carbocycles. The standard InChI is InChI=1S/C16H12F7N3/c17-12-2-1-11(15(18,19)20)5-9(12)7-26-4-3-13-10(8-26)6-24-14(25-13)16(21,22)23/h1-2,5-6H,3-4,7-8H2. The SMILES string of the molecule is Fc1ccc(C(F)(F)F)cc1CN1CCc2nc(C(F)(F)F)ncc2C1. The molecule has 140 valence electrons. The van der Waals surface area contributed by atoms with Gasteiger partial charge >= 0.3 is 12.4 Å². The van der Waals surface area contributed by atoms with Crippen LogP contribution in [0, 0.1) is 5.82 Å². The zero-order chi connectivity index (χ0) is 19.1. The van der Waals surface area contributed by atoms with Gasteiger partial charge in [0.25, 0.3) is 0 Å². The van der Waals surface area contributed by atoms with Gasteiger partial charge in [-0.05, 0) is 18.2 Å². The molecule has 3 rings (SSSR count). The van der Waals surface area contributed by atoms with Crippen LogP contribution < -0.4 is 0 Å². The van der Waals surface area contributed by atoms with E-state index in [9.17, 15) is 30.7 Å². The first kappa shape index (κ1) is 18.6. The zero-order valence-electron chi connectivity index (χ0n) is 13.1. The summed E-state index contributed by atoms with van der Waals surface area (Å²) in [4.78, 5) is 8.42. The molecule has 0 fully saturated rings. The Morgan fingerprint density at radius 1 is 1.04 bits per heavy atom. The average molecular weight is 379 g/mol. The van der Waals surface area contributed by atoms with E-state index in [1.165, 1.54) is 0 Å². The molecule has 2 aromatic rings. The monoisotopic (exact) mass is 379 g/mol. The fourth-order valence-electron chi connectivity index (χ4n) is 2.76. The molecular weight excluding hydrogens is 367 g/mol. The summed E-state index contributed by atoms with van der Waals surface area (Å²) in [6.07, 6.45) is -8.01. The molecule has 2 heterocycles. The van der Waals surface area contributed by atoms with Crippen LogP contribution in [0.25, 0.3) is 0 Å². The molecule has 0 unspecified atom stereocenters. The molecule has 10 heteroatoms. The van der Waals surface area contributed by atoms with E-state index >= 15 is 0 Å². The second-order valence-corrected chi connectivity index (χ2v) is 5.93. The average Bonchev–Trinajstić information content (AvgIpc) is 2.54. The van der Waals surface area contributed by atoms with E-state index in [-0.39, 0.29) is 37.3 Å². The Balaban J connectivity index is 1.78. The summed E-state index contributed by atoms with van der Waals surface area (Å²) in [5, 5.41) is 0. The number of hydrogen-bond donors (Lipinski definition) is 0. The Morgan fingerprint density at radius 2 is 1.77 bits per heavy atom. The van der Waals surface area contributed by atoms with Crippen molar-refractivity contribution >= 4 is 0 Å². The number of rotatable bonds is 2. The summed E-state index contributed by atoms with van der Waals surface area (Å²) in [6.45, 7) is 0.274. The lowest BCUT2D eigenvalue weighted by atomic mass is 10.0.